The van der Waals surface area contributed by atoms with E-state index in [2.05, 4.69) is 63.6 Å². The molecule has 4 aromatic carbocycles. The Hall–Kier alpha value is -5.61. The molecule has 0 bridgehead atoms. The van der Waals surface area contributed by atoms with Crippen LogP contribution in [0.5, 0.6) is 11.5 Å². The van der Waals surface area contributed by atoms with E-state index in [1.165, 1.54) is 0 Å². The predicted molar refractivity (Wildman–Crippen MR) is 309 cm³/mol. The first-order valence-electron chi connectivity index (χ1n) is 24.8. The van der Waals surface area contributed by atoms with Gasteiger partial charge in [-0.05, 0) is 152 Å². The quantitative estimate of drug-likeness (QED) is 0.0457. The number of ether oxygens (including phenoxy) is 4. The molecular weight excluding hydrogens is 1000 g/mol. The van der Waals surface area contributed by atoms with Crippen molar-refractivity contribution in [2.45, 2.75) is 144 Å². The van der Waals surface area contributed by atoms with Crippen LogP contribution in [0.1, 0.15) is 97.7 Å². The zero-order valence-electron chi connectivity index (χ0n) is 46.9. The third kappa shape index (κ3) is 15.3. The molecule has 2 unspecified atom stereocenters. The fraction of sp³-hybridized carbons (Fsp3) is 0.464. The number of benzene rings is 4. The normalized spacial score (nSPS) is 13.6. The maximum atomic E-state index is 13.4. The highest BCUT2D eigenvalue weighted by molar-refractivity contribution is 7.85. The van der Waals surface area contributed by atoms with Crippen LogP contribution in [0.2, 0.25) is 51.4 Å². The van der Waals surface area contributed by atoms with Crippen molar-refractivity contribution in [2.24, 2.45) is 8.80 Å². The molecule has 396 valence electrons. The fourth-order valence-corrected chi connectivity index (χ4v) is 10.4. The van der Waals surface area contributed by atoms with Crippen LogP contribution >= 0.6 is 0 Å². The second-order valence-corrected chi connectivity index (χ2v) is 38.0. The number of hydrogen-bond donors (Lipinski definition) is 0. The smallest absolute Gasteiger partial charge is 0.163 e. The van der Waals surface area contributed by atoms with E-state index in [1.807, 2.05) is 109 Å². The first-order valence-corrected chi connectivity index (χ1v) is 34.4. The highest BCUT2D eigenvalue weighted by Crippen LogP contribution is 2.33. The minimum absolute atomic E-state index is 0.236. The van der Waals surface area contributed by atoms with Crippen molar-refractivity contribution in [1.29, 1.82) is 10.5 Å². The molecule has 2 atom stereocenters. The Labute approximate surface area is 446 Å². The van der Waals surface area contributed by atoms with Gasteiger partial charge in [0.25, 0.3) is 0 Å². The number of fused-ring (bicyclic) bond motifs is 2. The van der Waals surface area contributed by atoms with Crippen LogP contribution < -0.4 is 9.47 Å². The molecule has 2 heterocycles. The number of hydrogen-bond acceptors (Lipinski definition) is 10. The van der Waals surface area contributed by atoms with Crippen LogP contribution in [-0.4, -0.2) is 92.0 Å². The Kier molecular flexibility index (Phi) is 19.5. The van der Waals surface area contributed by atoms with Gasteiger partial charge in [0.1, 0.15) is 58.4 Å². The van der Waals surface area contributed by atoms with Gasteiger partial charge in [0, 0.05) is 40.5 Å². The lowest BCUT2D eigenvalue weighted by Crippen LogP contribution is -2.24. The van der Waals surface area contributed by atoms with E-state index in [9.17, 15) is 18.9 Å². The van der Waals surface area contributed by atoms with Crippen LogP contribution in [0.4, 0.5) is 0 Å². The monoisotopic (exact) mass is 1080 g/mol. The van der Waals surface area contributed by atoms with Crippen LogP contribution in [0.25, 0.3) is 22.1 Å². The van der Waals surface area contributed by atoms with Gasteiger partial charge in [0.2, 0.25) is 0 Å². The molecule has 6 aromatic rings. The summed E-state index contributed by atoms with van der Waals surface area (Å²) < 4.78 is 62.9. The lowest BCUT2D eigenvalue weighted by molar-refractivity contribution is 0.0894. The summed E-state index contributed by atoms with van der Waals surface area (Å²) in [4.78, 5) is 9.85. The Morgan fingerprint density at radius 1 is 0.595 bits per heavy atom. The number of aromatic nitrogens is 4. The average Bonchev–Trinajstić information content (AvgIpc) is 3.85. The molecule has 2 aromatic heterocycles. The molecule has 0 fully saturated rings. The summed E-state index contributed by atoms with van der Waals surface area (Å²) in [5, 5.41) is 19.0. The number of methoxy groups -OCH3 is 2. The molecular formula is C56H76N8O6S2Si2. The third-order valence-corrected chi connectivity index (χ3v) is 18.0. The van der Waals surface area contributed by atoms with Gasteiger partial charge in [0.15, 0.2) is 11.6 Å². The van der Waals surface area contributed by atoms with Crippen molar-refractivity contribution in [3.63, 3.8) is 0 Å². The summed E-state index contributed by atoms with van der Waals surface area (Å²) in [5.74, 6) is 2.33. The maximum absolute atomic E-state index is 13.4. The molecule has 6 rings (SSSR count). The summed E-state index contributed by atoms with van der Waals surface area (Å²) in [5.41, 5.74) is 10.4. The maximum Gasteiger partial charge on any atom is 0.163 e. The average molecular weight is 1080 g/mol. The summed E-state index contributed by atoms with van der Waals surface area (Å²) in [6.07, 6.45) is 0. The van der Waals surface area contributed by atoms with Crippen molar-refractivity contribution in [3.8, 4) is 23.6 Å². The molecule has 0 aliphatic carbocycles. The molecule has 74 heavy (non-hydrogen) atoms. The second-order valence-electron chi connectivity index (χ2n) is 23.0. The molecule has 18 heteroatoms. The Bertz CT molecular complexity index is 3110. The Balaban J connectivity index is 0.000000274. The topological polar surface area (TPSA) is 179 Å². The van der Waals surface area contributed by atoms with Crippen molar-refractivity contribution in [3.05, 3.63) is 117 Å². The van der Waals surface area contributed by atoms with Gasteiger partial charge in [-0.3, -0.25) is 9.13 Å². The van der Waals surface area contributed by atoms with E-state index in [0.717, 1.165) is 56.5 Å². The van der Waals surface area contributed by atoms with Crippen LogP contribution in [0, 0.1) is 50.4 Å². The van der Waals surface area contributed by atoms with Gasteiger partial charge in [-0.25, -0.2) is 18.4 Å². The molecule has 0 saturated carbocycles. The van der Waals surface area contributed by atoms with Gasteiger partial charge in [0.05, 0.1) is 69.0 Å². The summed E-state index contributed by atoms with van der Waals surface area (Å²) in [6, 6.07) is 25.3. The van der Waals surface area contributed by atoms with Crippen molar-refractivity contribution < 1.29 is 27.4 Å². The molecule has 0 aliphatic rings. The molecule has 0 spiro atoms. The Morgan fingerprint density at radius 2 is 1.00 bits per heavy atom. The lowest BCUT2D eigenvalue weighted by atomic mass is 9.99. The molecule has 0 radical (unpaired) electrons. The van der Waals surface area contributed by atoms with Crippen LogP contribution in [0.3, 0.4) is 0 Å². The van der Waals surface area contributed by atoms with E-state index in [0.29, 0.717) is 69.9 Å². The molecule has 0 saturated heterocycles. The van der Waals surface area contributed by atoms with Crippen molar-refractivity contribution in [2.75, 3.05) is 27.4 Å². The standard InChI is InChI=1S/2C28H38N4O3SSi/c1-19-14-20(2)25(24(15-19)34-6)26(31-36(33)28(3,4)5)27-30-22-16-21(17-29)10-11-23(22)32(27)18-35-12-13-37(7,8)9;1-19-14-20(2)25(24(15-19)34-6)26(31-36(33)28(3,4)5)27-30-22-11-10-21(17-29)16-23(22)32(27)18-35-12-13-37(7,8)9/h2*10-11,14-16H,12-13,18H2,1-9H3. The van der Waals surface area contributed by atoms with Crippen LogP contribution in [-0.2, 0) is 44.9 Å². The van der Waals surface area contributed by atoms with Crippen molar-refractivity contribution in [1.82, 2.24) is 19.1 Å². The molecule has 0 N–H and O–H groups in total. The minimum Gasteiger partial charge on any atom is -0.496 e. The fourth-order valence-electron chi connectivity index (χ4n) is 7.71. The largest absolute Gasteiger partial charge is 0.496 e. The zero-order chi connectivity index (χ0) is 55.1. The van der Waals surface area contributed by atoms with E-state index in [1.54, 1.807) is 32.4 Å². The number of imidazole rings is 2. The van der Waals surface area contributed by atoms with E-state index >= 15 is 0 Å². The first kappa shape index (κ1) is 59.3. The van der Waals surface area contributed by atoms with Gasteiger partial charge >= 0.3 is 0 Å². The minimum atomic E-state index is -1.56. The first-order chi connectivity index (χ1) is 34.5. The molecule has 0 amide bonds. The van der Waals surface area contributed by atoms with E-state index < -0.39 is 47.6 Å². The molecule has 0 aliphatic heterocycles. The van der Waals surface area contributed by atoms with Gasteiger partial charge in [-0.1, -0.05) is 51.4 Å². The van der Waals surface area contributed by atoms with E-state index in [-0.39, 0.29) is 13.5 Å². The summed E-state index contributed by atoms with van der Waals surface area (Å²) in [7, 11) is -2.41. The third-order valence-electron chi connectivity index (χ3n) is 11.8. The number of aryl methyl sites for hydroxylation is 4. The lowest BCUT2D eigenvalue weighted by Gasteiger charge is -2.20. The van der Waals surface area contributed by atoms with E-state index in [4.69, 9.17) is 37.7 Å². The second kappa shape index (κ2) is 24.4. The number of nitriles is 2. The SMILES string of the molecule is COc1cc(C)cc(C)c1C(=NS(=O)C(C)(C)C)c1nc2cc(C#N)ccc2n1COCC[Si](C)(C)C.COc1cc(C)cc(C)c1C(=NS(=O)C(C)(C)C)c1nc2ccc(C#N)cc2n1COCC[Si](C)(C)C. The van der Waals surface area contributed by atoms with Gasteiger partial charge in [-0.15, -0.1) is 0 Å². The van der Waals surface area contributed by atoms with Gasteiger partial charge < -0.3 is 18.9 Å². The number of rotatable bonds is 18. The van der Waals surface area contributed by atoms with Crippen molar-refractivity contribution >= 4 is 71.6 Å². The highest BCUT2D eigenvalue weighted by Gasteiger charge is 2.30. The van der Waals surface area contributed by atoms with Crippen LogP contribution in [0.15, 0.2) is 69.5 Å². The summed E-state index contributed by atoms with van der Waals surface area (Å²) >= 11 is 0. The predicted octanol–water partition coefficient (Wildman–Crippen LogP) is 12.3. The molecule has 14 nitrogen and oxygen atoms in total. The summed E-state index contributed by atoms with van der Waals surface area (Å²) in [6.45, 7) is 35.0. The van der Waals surface area contributed by atoms with Gasteiger partial charge in [-0.2, -0.15) is 19.3 Å². The number of nitrogens with zero attached hydrogens (tertiary/aromatic N) is 8. The highest BCUT2D eigenvalue weighted by atomic mass is 32.2. The zero-order valence-corrected chi connectivity index (χ0v) is 50.5. The Morgan fingerprint density at radius 3 is 1.41 bits per heavy atom.